The van der Waals surface area contributed by atoms with E-state index in [1.54, 1.807) is 12.1 Å². The summed E-state index contributed by atoms with van der Waals surface area (Å²) in [5.74, 6) is -0.184. The molecule has 1 heterocycles. The molecular formula is C17H22F3NO3. The molecule has 0 bridgehead atoms. The van der Waals surface area contributed by atoms with Crippen LogP contribution in [0.1, 0.15) is 31.7 Å². The van der Waals surface area contributed by atoms with Gasteiger partial charge < -0.3 is 14.4 Å². The number of carbonyl (C=O) groups is 1. The van der Waals surface area contributed by atoms with Crippen molar-refractivity contribution in [3.05, 3.63) is 29.8 Å². The van der Waals surface area contributed by atoms with Crippen molar-refractivity contribution in [2.75, 3.05) is 19.7 Å². The molecule has 0 unspecified atom stereocenters. The van der Waals surface area contributed by atoms with Crippen LogP contribution in [0.3, 0.4) is 0 Å². The number of hydrogen-bond donors (Lipinski definition) is 0. The summed E-state index contributed by atoms with van der Waals surface area (Å²) in [6.45, 7) is 4.04. The van der Waals surface area contributed by atoms with Crippen LogP contribution in [0.25, 0.3) is 0 Å². The Morgan fingerprint density at radius 1 is 1.21 bits per heavy atom. The quantitative estimate of drug-likeness (QED) is 0.791. The highest BCUT2D eigenvalue weighted by Gasteiger charge is 2.31. The highest BCUT2D eigenvalue weighted by atomic mass is 19.4. The molecule has 1 fully saturated rings. The van der Waals surface area contributed by atoms with Gasteiger partial charge in [0.05, 0.1) is 6.10 Å². The number of likely N-dealkylation sites (tertiary alicyclic amines) is 1. The second kappa shape index (κ2) is 8.37. The number of hydrogen-bond acceptors (Lipinski definition) is 3. The molecule has 0 spiro atoms. The van der Waals surface area contributed by atoms with Crippen molar-refractivity contribution < 1.29 is 27.4 Å². The van der Waals surface area contributed by atoms with E-state index in [2.05, 4.69) is 4.74 Å². The van der Waals surface area contributed by atoms with E-state index in [4.69, 9.17) is 4.74 Å². The van der Waals surface area contributed by atoms with Gasteiger partial charge in [-0.25, -0.2) is 0 Å². The maximum atomic E-state index is 12.2. The lowest BCUT2D eigenvalue weighted by Gasteiger charge is -2.31. The molecule has 134 valence electrons. The number of piperidine rings is 1. The Bertz CT molecular complexity index is 523. The largest absolute Gasteiger partial charge is 0.573 e. The lowest BCUT2D eigenvalue weighted by atomic mass is 10.1. The average Bonchev–Trinajstić information content (AvgIpc) is 2.53. The topological polar surface area (TPSA) is 38.8 Å². The first kappa shape index (κ1) is 18.6. The van der Waals surface area contributed by atoms with Gasteiger partial charge in [0, 0.05) is 26.1 Å². The molecule has 1 aliphatic rings. The second-order valence-electron chi connectivity index (χ2n) is 5.73. The van der Waals surface area contributed by atoms with E-state index in [1.165, 1.54) is 12.1 Å². The zero-order chi connectivity index (χ0) is 17.6. The first-order valence-corrected chi connectivity index (χ1v) is 8.11. The maximum absolute atomic E-state index is 12.2. The fourth-order valence-corrected chi connectivity index (χ4v) is 2.77. The summed E-state index contributed by atoms with van der Waals surface area (Å²) in [4.78, 5) is 14.0. The molecule has 24 heavy (non-hydrogen) atoms. The molecular weight excluding hydrogens is 323 g/mol. The molecule has 0 radical (unpaired) electrons. The molecule has 1 aromatic carbocycles. The van der Waals surface area contributed by atoms with Gasteiger partial charge in [0.1, 0.15) is 5.75 Å². The van der Waals surface area contributed by atoms with Gasteiger partial charge in [0.25, 0.3) is 0 Å². The smallest absolute Gasteiger partial charge is 0.406 e. The van der Waals surface area contributed by atoms with Crippen molar-refractivity contribution in [3.8, 4) is 5.75 Å². The molecule has 4 nitrogen and oxygen atoms in total. The molecule has 2 rings (SSSR count). The third-order valence-corrected chi connectivity index (χ3v) is 3.98. The van der Waals surface area contributed by atoms with E-state index in [1.807, 2.05) is 11.8 Å². The number of alkyl halides is 3. The van der Waals surface area contributed by atoms with E-state index in [0.717, 1.165) is 18.4 Å². The Morgan fingerprint density at radius 3 is 2.38 bits per heavy atom. The molecule has 0 aliphatic carbocycles. The number of amides is 1. The minimum Gasteiger partial charge on any atom is -0.406 e. The van der Waals surface area contributed by atoms with Crippen LogP contribution in [-0.2, 0) is 16.0 Å². The molecule has 7 heteroatoms. The van der Waals surface area contributed by atoms with Gasteiger partial charge >= 0.3 is 6.36 Å². The van der Waals surface area contributed by atoms with Crippen LogP contribution >= 0.6 is 0 Å². The third kappa shape index (κ3) is 6.03. The molecule has 1 aliphatic heterocycles. The Kier molecular flexibility index (Phi) is 6.48. The highest BCUT2D eigenvalue weighted by molar-refractivity contribution is 5.76. The predicted molar refractivity (Wildman–Crippen MR) is 82.7 cm³/mol. The van der Waals surface area contributed by atoms with Crippen LogP contribution in [-0.4, -0.2) is 43.0 Å². The first-order chi connectivity index (χ1) is 11.4. The van der Waals surface area contributed by atoms with Crippen molar-refractivity contribution in [3.63, 3.8) is 0 Å². The van der Waals surface area contributed by atoms with Crippen LogP contribution in [0.4, 0.5) is 13.2 Å². The summed E-state index contributed by atoms with van der Waals surface area (Å²) in [5.41, 5.74) is 0.807. The lowest BCUT2D eigenvalue weighted by Crippen LogP contribution is -2.41. The second-order valence-corrected chi connectivity index (χ2v) is 5.73. The van der Waals surface area contributed by atoms with E-state index < -0.39 is 6.36 Å². The van der Waals surface area contributed by atoms with Crippen molar-refractivity contribution in [2.24, 2.45) is 0 Å². The lowest BCUT2D eigenvalue weighted by molar-refractivity contribution is -0.274. The van der Waals surface area contributed by atoms with Crippen molar-refractivity contribution in [1.29, 1.82) is 0 Å². The SMILES string of the molecule is CCOC1CCN(C(=O)CCc2ccc(OC(F)(F)F)cc2)CC1. The summed E-state index contributed by atoms with van der Waals surface area (Å²) >= 11 is 0. The van der Waals surface area contributed by atoms with Crippen LogP contribution in [0.5, 0.6) is 5.75 Å². The summed E-state index contributed by atoms with van der Waals surface area (Å²) in [6.07, 6.45) is -1.91. The molecule has 0 aromatic heterocycles. The van der Waals surface area contributed by atoms with Crippen LogP contribution in [0.15, 0.2) is 24.3 Å². The zero-order valence-electron chi connectivity index (χ0n) is 13.6. The number of nitrogens with zero attached hydrogens (tertiary/aromatic N) is 1. The van der Waals surface area contributed by atoms with Crippen LogP contribution in [0, 0.1) is 0 Å². The van der Waals surface area contributed by atoms with Crippen molar-refractivity contribution >= 4 is 5.91 Å². The van der Waals surface area contributed by atoms with Gasteiger partial charge in [-0.05, 0) is 43.9 Å². The van der Waals surface area contributed by atoms with Gasteiger partial charge in [-0.15, -0.1) is 13.2 Å². The average molecular weight is 345 g/mol. The molecule has 1 aromatic rings. The molecule has 1 amide bonds. The zero-order valence-corrected chi connectivity index (χ0v) is 13.6. The molecule has 0 saturated carbocycles. The predicted octanol–water partition coefficient (Wildman–Crippen LogP) is 3.55. The monoisotopic (exact) mass is 345 g/mol. The number of benzene rings is 1. The summed E-state index contributed by atoms with van der Waals surface area (Å²) in [5, 5.41) is 0. The van der Waals surface area contributed by atoms with E-state index in [0.29, 0.717) is 32.5 Å². The maximum Gasteiger partial charge on any atom is 0.573 e. The summed E-state index contributed by atoms with van der Waals surface area (Å²) in [6, 6.07) is 5.63. The van der Waals surface area contributed by atoms with Gasteiger partial charge in [-0.1, -0.05) is 12.1 Å². The minimum atomic E-state index is -4.69. The fraction of sp³-hybridized carbons (Fsp3) is 0.588. The van der Waals surface area contributed by atoms with E-state index in [-0.39, 0.29) is 17.8 Å². The summed E-state index contributed by atoms with van der Waals surface area (Å²) in [7, 11) is 0. The van der Waals surface area contributed by atoms with E-state index >= 15 is 0 Å². The Hall–Kier alpha value is -1.76. The summed E-state index contributed by atoms with van der Waals surface area (Å²) < 4.78 is 45.7. The number of rotatable bonds is 6. The number of ether oxygens (including phenoxy) is 2. The fourth-order valence-electron chi connectivity index (χ4n) is 2.77. The Morgan fingerprint density at radius 2 is 1.83 bits per heavy atom. The first-order valence-electron chi connectivity index (χ1n) is 8.11. The van der Waals surface area contributed by atoms with Gasteiger partial charge in [0.15, 0.2) is 0 Å². The minimum absolute atomic E-state index is 0.0700. The van der Waals surface area contributed by atoms with Crippen molar-refractivity contribution in [1.82, 2.24) is 4.90 Å². The highest BCUT2D eigenvalue weighted by Crippen LogP contribution is 2.23. The number of aryl methyl sites for hydroxylation is 1. The van der Waals surface area contributed by atoms with E-state index in [9.17, 15) is 18.0 Å². The number of carbonyl (C=O) groups excluding carboxylic acids is 1. The normalized spacial score (nSPS) is 16.2. The number of halogens is 3. The van der Waals surface area contributed by atoms with Gasteiger partial charge in [-0.3, -0.25) is 4.79 Å². The third-order valence-electron chi connectivity index (χ3n) is 3.98. The van der Waals surface area contributed by atoms with Gasteiger partial charge in [-0.2, -0.15) is 0 Å². The molecule has 0 atom stereocenters. The van der Waals surface area contributed by atoms with Crippen LogP contribution in [0.2, 0.25) is 0 Å². The van der Waals surface area contributed by atoms with Crippen molar-refractivity contribution in [2.45, 2.75) is 45.1 Å². The van der Waals surface area contributed by atoms with Crippen LogP contribution < -0.4 is 4.74 Å². The van der Waals surface area contributed by atoms with Gasteiger partial charge in [0.2, 0.25) is 5.91 Å². The molecule has 0 N–H and O–H groups in total. The Balaban J connectivity index is 1.76. The molecule has 1 saturated heterocycles. The standard InChI is InChI=1S/C17H22F3NO3/c1-2-23-14-9-11-21(12-10-14)16(22)8-5-13-3-6-15(7-4-13)24-17(18,19)20/h3-4,6-7,14H,2,5,8-12H2,1H3. The Labute approximate surface area is 139 Å².